The minimum atomic E-state index is 0. The molecule has 1 aliphatic rings. The number of benzene rings is 2. The summed E-state index contributed by atoms with van der Waals surface area (Å²) < 4.78 is 0. The zero-order chi connectivity index (χ0) is 23.0. The molecule has 182 valence electrons. The van der Waals surface area contributed by atoms with E-state index in [-0.39, 0.29) is 35.8 Å². The van der Waals surface area contributed by atoms with Crippen LogP contribution >= 0.6 is 24.0 Å². The van der Waals surface area contributed by atoms with Crippen molar-refractivity contribution in [3.63, 3.8) is 0 Å². The summed E-state index contributed by atoms with van der Waals surface area (Å²) in [6.45, 7) is 8.07. The molecule has 2 aromatic carbocycles. The summed E-state index contributed by atoms with van der Waals surface area (Å²) in [5.74, 6) is 1.35. The van der Waals surface area contributed by atoms with Crippen LogP contribution in [0.3, 0.4) is 0 Å². The third kappa shape index (κ3) is 6.74. The lowest BCUT2D eigenvalue weighted by Crippen LogP contribution is -2.38. The number of amides is 1. The van der Waals surface area contributed by atoms with Gasteiger partial charge in [0.05, 0.1) is 0 Å². The fourth-order valence-corrected chi connectivity index (χ4v) is 4.63. The summed E-state index contributed by atoms with van der Waals surface area (Å²) in [4.78, 5) is 22.7. The van der Waals surface area contributed by atoms with Crippen LogP contribution in [0.4, 0.5) is 0 Å². The van der Waals surface area contributed by atoms with E-state index >= 15 is 0 Å². The molecule has 3 N–H and O–H groups in total. The van der Waals surface area contributed by atoms with E-state index in [2.05, 4.69) is 65.9 Å². The van der Waals surface area contributed by atoms with Gasteiger partial charge in [-0.3, -0.25) is 9.79 Å². The van der Waals surface area contributed by atoms with E-state index in [1.807, 2.05) is 23.1 Å². The van der Waals surface area contributed by atoms with Gasteiger partial charge in [0.2, 0.25) is 5.91 Å². The van der Waals surface area contributed by atoms with E-state index in [0.29, 0.717) is 13.0 Å². The first-order chi connectivity index (χ1) is 16.1. The highest BCUT2D eigenvalue weighted by Crippen LogP contribution is 2.22. The predicted molar refractivity (Wildman–Crippen MR) is 151 cm³/mol. The lowest BCUT2D eigenvalue weighted by molar-refractivity contribution is -0.127. The van der Waals surface area contributed by atoms with Crippen LogP contribution in [-0.2, 0) is 17.6 Å². The maximum absolute atomic E-state index is 12.5. The topological polar surface area (TPSA) is 72.5 Å². The van der Waals surface area contributed by atoms with Gasteiger partial charge in [0.1, 0.15) is 0 Å². The average Bonchev–Trinajstić information content (AvgIpc) is 3.35. The molecule has 2 heterocycles. The number of carbonyl (C=O) groups is 1. The number of nitrogens with one attached hydrogen (secondary N) is 3. The average molecular weight is 574 g/mol. The van der Waals surface area contributed by atoms with E-state index in [9.17, 15) is 4.79 Å². The van der Waals surface area contributed by atoms with Crippen molar-refractivity contribution in [2.45, 2.75) is 33.1 Å². The number of nitrogens with zero attached hydrogens (tertiary/aromatic N) is 2. The van der Waals surface area contributed by atoms with Crippen LogP contribution in [-0.4, -0.2) is 54.5 Å². The number of aliphatic imine (C=N–C) groups is 1. The van der Waals surface area contributed by atoms with E-state index in [1.54, 1.807) is 0 Å². The number of halogens is 1. The number of carbonyl (C=O) groups excluding carboxylic acids is 1. The summed E-state index contributed by atoms with van der Waals surface area (Å²) in [5, 5.41) is 8.10. The Labute approximate surface area is 219 Å². The molecular formula is C27H36IN5O. The van der Waals surface area contributed by atoms with Crippen LogP contribution in [0.2, 0.25) is 0 Å². The molecule has 0 spiro atoms. The second kappa shape index (κ2) is 12.8. The molecule has 34 heavy (non-hydrogen) atoms. The van der Waals surface area contributed by atoms with Crippen LogP contribution in [0.5, 0.6) is 0 Å². The van der Waals surface area contributed by atoms with Gasteiger partial charge >= 0.3 is 0 Å². The molecule has 4 rings (SSSR count). The number of aromatic nitrogens is 1. The maximum Gasteiger partial charge on any atom is 0.223 e. The molecule has 1 unspecified atom stereocenters. The lowest BCUT2D eigenvalue weighted by atomic mass is 10.1. The standard InChI is InChI=1S/C27H35N5O.HI/c1-3-28-27(29-15-13-23-20(2)31-25-12-8-7-11-24(23)25)30-18-22-17-26(33)32(19-22)16-14-21-9-5-4-6-10-21;/h4-12,22,31H,3,13-19H2,1-2H3,(H2,28,29,30);1H. The first kappa shape index (κ1) is 26.1. The van der Waals surface area contributed by atoms with E-state index in [4.69, 9.17) is 4.99 Å². The molecule has 6 nitrogen and oxygen atoms in total. The third-order valence-corrected chi connectivity index (χ3v) is 6.35. The van der Waals surface area contributed by atoms with Gasteiger partial charge in [-0.15, -0.1) is 24.0 Å². The largest absolute Gasteiger partial charge is 0.358 e. The Kier molecular flexibility index (Phi) is 9.80. The summed E-state index contributed by atoms with van der Waals surface area (Å²) >= 11 is 0. The minimum absolute atomic E-state index is 0. The molecule has 1 atom stereocenters. The van der Waals surface area contributed by atoms with Crippen molar-refractivity contribution < 1.29 is 4.79 Å². The summed E-state index contributed by atoms with van der Waals surface area (Å²) in [7, 11) is 0. The van der Waals surface area contributed by atoms with Gasteiger partial charge in [-0.25, -0.2) is 0 Å². The number of para-hydroxylation sites is 1. The number of H-pyrrole nitrogens is 1. The highest BCUT2D eigenvalue weighted by Gasteiger charge is 2.29. The first-order valence-electron chi connectivity index (χ1n) is 12.0. The third-order valence-electron chi connectivity index (χ3n) is 6.35. The monoisotopic (exact) mass is 573 g/mol. The first-order valence-corrected chi connectivity index (χ1v) is 12.0. The molecule has 1 saturated heterocycles. The number of fused-ring (bicyclic) bond motifs is 1. The van der Waals surface area contributed by atoms with Crippen molar-refractivity contribution in [2.24, 2.45) is 10.9 Å². The van der Waals surface area contributed by atoms with Gasteiger partial charge in [0.25, 0.3) is 0 Å². The minimum Gasteiger partial charge on any atom is -0.358 e. The van der Waals surface area contributed by atoms with Crippen LogP contribution in [0.25, 0.3) is 10.9 Å². The molecule has 7 heteroatoms. The summed E-state index contributed by atoms with van der Waals surface area (Å²) in [5.41, 5.74) is 5.04. The Morgan fingerprint density at radius 2 is 1.85 bits per heavy atom. The quantitative estimate of drug-likeness (QED) is 0.203. The second-order valence-electron chi connectivity index (χ2n) is 8.82. The van der Waals surface area contributed by atoms with E-state index in [1.165, 1.54) is 27.7 Å². The predicted octanol–water partition coefficient (Wildman–Crippen LogP) is 4.28. The number of aryl methyl sites for hydroxylation is 1. The smallest absolute Gasteiger partial charge is 0.223 e. The number of hydrogen-bond acceptors (Lipinski definition) is 2. The Bertz CT molecular complexity index is 1090. The normalized spacial score (nSPS) is 16.1. The van der Waals surface area contributed by atoms with Crippen LogP contribution in [0.15, 0.2) is 59.6 Å². The SMILES string of the molecule is CCNC(=NCC1CC(=O)N(CCc2ccccc2)C1)NCCc1c(C)[nH]c2ccccc12.I. The number of aromatic amines is 1. The molecule has 0 aliphatic carbocycles. The Morgan fingerprint density at radius 3 is 2.65 bits per heavy atom. The highest BCUT2D eigenvalue weighted by atomic mass is 127. The summed E-state index contributed by atoms with van der Waals surface area (Å²) in [6.07, 6.45) is 2.42. The van der Waals surface area contributed by atoms with E-state index in [0.717, 1.165) is 45.0 Å². The van der Waals surface area contributed by atoms with E-state index < -0.39 is 0 Å². The lowest BCUT2D eigenvalue weighted by Gasteiger charge is -2.16. The number of guanidine groups is 1. The van der Waals surface area contributed by atoms with Crippen LogP contribution in [0, 0.1) is 12.8 Å². The Morgan fingerprint density at radius 1 is 1.09 bits per heavy atom. The fourth-order valence-electron chi connectivity index (χ4n) is 4.63. The van der Waals surface area contributed by atoms with Gasteiger partial charge in [-0.2, -0.15) is 0 Å². The fraction of sp³-hybridized carbons (Fsp3) is 0.407. The molecule has 1 aromatic heterocycles. The maximum atomic E-state index is 12.5. The van der Waals surface area contributed by atoms with Gasteiger partial charge in [0, 0.05) is 61.7 Å². The molecule has 1 aliphatic heterocycles. The number of rotatable bonds is 9. The summed E-state index contributed by atoms with van der Waals surface area (Å²) in [6, 6.07) is 18.8. The molecule has 0 bridgehead atoms. The number of likely N-dealkylation sites (tertiary alicyclic amines) is 1. The zero-order valence-corrected chi connectivity index (χ0v) is 22.5. The van der Waals surface area contributed by atoms with Crippen LogP contribution in [0.1, 0.15) is 30.2 Å². The second-order valence-corrected chi connectivity index (χ2v) is 8.82. The molecule has 0 radical (unpaired) electrons. The van der Waals surface area contributed by atoms with Gasteiger partial charge < -0.3 is 20.5 Å². The van der Waals surface area contributed by atoms with Crippen LogP contribution < -0.4 is 10.6 Å². The van der Waals surface area contributed by atoms with Crippen molar-refractivity contribution >= 4 is 46.7 Å². The number of hydrogen-bond donors (Lipinski definition) is 3. The Hall–Kier alpha value is -2.55. The molecule has 0 saturated carbocycles. The van der Waals surface area contributed by atoms with Gasteiger partial charge in [-0.05, 0) is 43.9 Å². The van der Waals surface area contributed by atoms with Crippen molar-refractivity contribution in [1.29, 1.82) is 0 Å². The molecule has 3 aromatic rings. The zero-order valence-electron chi connectivity index (χ0n) is 20.1. The Balaban J connectivity index is 0.00000324. The van der Waals surface area contributed by atoms with Crippen molar-refractivity contribution in [3.05, 3.63) is 71.4 Å². The van der Waals surface area contributed by atoms with Gasteiger partial charge in [0.15, 0.2) is 5.96 Å². The van der Waals surface area contributed by atoms with Crippen molar-refractivity contribution in [3.8, 4) is 0 Å². The molecular weight excluding hydrogens is 537 g/mol. The van der Waals surface area contributed by atoms with Crippen molar-refractivity contribution in [1.82, 2.24) is 20.5 Å². The molecule has 1 amide bonds. The van der Waals surface area contributed by atoms with Gasteiger partial charge in [-0.1, -0.05) is 48.5 Å². The highest BCUT2D eigenvalue weighted by molar-refractivity contribution is 14.0. The molecule has 1 fully saturated rings. The van der Waals surface area contributed by atoms with Crippen molar-refractivity contribution in [2.75, 3.05) is 32.7 Å².